The molecule has 0 spiro atoms. The fraction of sp³-hybridized carbons (Fsp3) is 0.400. The van der Waals surface area contributed by atoms with E-state index in [1.807, 2.05) is 12.1 Å². The number of anilines is 1. The van der Waals surface area contributed by atoms with Crippen molar-refractivity contribution >= 4 is 17.6 Å². The SMILES string of the molecule is CCCC[C@@H]1C(=O)N(C)CCN1C(=O)c1cccc(-c2cnc(N)cn2)c1. The van der Waals surface area contributed by atoms with Crippen LogP contribution < -0.4 is 5.73 Å². The smallest absolute Gasteiger partial charge is 0.254 e. The molecule has 7 heteroatoms. The van der Waals surface area contributed by atoms with Crippen molar-refractivity contribution in [3.05, 3.63) is 42.2 Å². The van der Waals surface area contributed by atoms with Crippen LogP contribution in [0.3, 0.4) is 0 Å². The van der Waals surface area contributed by atoms with Crippen LogP contribution in [0.1, 0.15) is 36.5 Å². The molecular weight excluding hydrogens is 342 g/mol. The van der Waals surface area contributed by atoms with Crippen LogP contribution in [0, 0.1) is 0 Å². The van der Waals surface area contributed by atoms with Gasteiger partial charge in [-0.05, 0) is 18.6 Å². The minimum atomic E-state index is -0.392. The van der Waals surface area contributed by atoms with Gasteiger partial charge in [0, 0.05) is 31.3 Å². The van der Waals surface area contributed by atoms with Gasteiger partial charge >= 0.3 is 0 Å². The molecule has 1 aliphatic rings. The molecule has 1 atom stereocenters. The molecule has 0 bridgehead atoms. The van der Waals surface area contributed by atoms with E-state index in [1.54, 1.807) is 35.2 Å². The van der Waals surface area contributed by atoms with Gasteiger partial charge in [-0.1, -0.05) is 31.9 Å². The number of carbonyl (C=O) groups excluding carboxylic acids is 2. The van der Waals surface area contributed by atoms with Crippen LogP contribution in [0.25, 0.3) is 11.3 Å². The van der Waals surface area contributed by atoms with Crippen LogP contribution in [0.4, 0.5) is 5.82 Å². The van der Waals surface area contributed by atoms with E-state index in [4.69, 9.17) is 5.73 Å². The van der Waals surface area contributed by atoms with Crippen molar-refractivity contribution in [1.29, 1.82) is 0 Å². The molecule has 0 saturated carbocycles. The number of aromatic nitrogens is 2. The Balaban J connectivity index is 1.86. The number of piperazine rings is 1. The monoisotopic (exact) mass is 367 g/mol. The quantitative estimate of drug-likeness (QED) is 0.874. The third-order valence-corrected chi connectivity index (χ3v) is 4.88. The first-order valence-electron chi connectivity index (χ1n) is 9.25. The number of hydrogen-bond acceptors (Lipinski definition) is 5. The zero-order valence-electron chi connectivity index (χ0n) is 15.8. The number of benzene rings is 1. The van der Waals surface area contributed by atoms with E-state index in [2.05, 4.69) is 16.9 Å². The van der Waals surface area contributed by atoms with E-state index in [0.29, 0.717) is 36.6 Å². The Hall–Kier alpha value is -2.96. The van der Waals surface area contributed by atoms with Gasteiger partial charge < -0.3 is 15.5 Å². The molecule has 2 N–H and O–H groups in total. The van der Waals surface area contributed by atoms with Gasteiger partial charge in [-0.25, -0.2) is 4.98 Å². The van der Waals surface area contributed by atoms with Crippen molar-refractivity contribution < 1.29 is 9.59 Å². The highest BCUT2D eigenvalue weighted by molar-refractivity contribution is 5.99. The van der Waals surface area contributed by atoms with E-state index in [0.717, 1.165) is 18.4 Å². The topological polar surface area (TPSA) is 92.4 Å². The largest absolute Gasteiger partial charge is 0.382 e. The zero-order chi connectivity index (χ0) is 19.4. The number of nitrogen functional groups attached to an aromatic ring is 1. The van der Waals surface area contributed by atoms with Crippen molar-refractivity contribution in [2.45, 2.75) is 32.2 Å². The van der Waals surface area contributed by atoms with Gasteiger partial charge in [-0.2, -0.15) is 0 Å². The summed E-state index contributed by atoms with van der Waals surface area (Å²) in [6.07, 6.45) is 5.66. The van der Waals surface area contributed by atoms with Gasteiger partial charge in [0.15, 0.2) is 0 Å². The summed E-state index contributed by atoms with van der Waals surface area (Å²) in [5.41, 5.74) is 7.58. The second-order valence-corrected chi connectivity index (χ2v) is 6.82. The molecule has 0 aliphatic carbocycles. The summed E-state index contributed by atoms with van der Waals surface area (Å²) < 4.78 is 0. The molecule has 7 nitrogen and oxygen atoms in total. The molecule has 1 saturated heterocycles. The summed E-state index contributed by atoms with van der Waals surface area (Å²) in [7, 11) is 1.80. The Morgan fingerprint density at radius 1 is 1.26 bits per heavy atom. The fourth-order valence-corrected chi connectivity index (χ4v) is 3.30. The van der Waals surface area contributed by atoms with Crippen molar-refractivity contribution in [2.75, 3.05) is 25.9 Å². The summed E-state index contributed by atoms with van der Waals surface area (Å²) >= 11 is 0. The van der Waals surface area contributed by atoms with Crippen molar-refractivity contribution in [3.63, 3.8) is 0 Å². The second kappa shape index (κ2) is 8.16. The molecule has 3 rings (SSSR count). The normalized spacial score (nSPS) is 17.3. The van der Waals surface area contributed by atoms with E-state index in [-0.39, 0.29) is 11.8 Å². The lowest BCUT2D eigenvalue weighted by Crippen LogP contribution is -2.57. The number of unbranched alkanes of at least 4 members (excludes halogenated alkanes) is 1. The highest BCUT2D eigenvalue weighted by atomic mass is 16.2. The maximum Gasteiger partial charge on any atom is 0.254 e. The van der Waals surface area contributed by atoms with Crippen molar-refractivity contribution in [1.82, 2.24) is 19.8 Å². The van der Waals surface area contributed by atoms with Gasteiger partial charge in [0.1, 0.15) is 11.9 Å². The Labute approximate surface area is 159 Å². The highest BCUT2D eigenvalue weighted by Crippen LogP contribution is 2.22. The first-order valence-corrected chi connectivity index (χ1v) is 9.25. The number of nitrogens with zero attached hydrogens (tertiary/aromatic N) is 4. The minimum Gasteiger partial charge on any atom is -0.382 e. The molecular formula is C20H25N5O2. The Kier molecular flexibility index (Phi) is 5.69. The average Bonchev–Trinajstić information content (AvgIpc) is 2.69. The first-order chi connectivity index (χ1) is 13.0. The molecule has 2 amide bonds. The zero-order valence-corrected chi connectivity index (χ0v) is 15.8. The minimum absolute atomic E-state index is 0.0172. The predicted molar refractivity (Wildman–Crippen MR) is 104 cm³/mol. The molecule has 27 heavy (non-hydrogen) atoms. The molecule has 0 unspecified atom stereocenters. The molecule has 142 valence electrons. The molecule has 1 aromatic carbocycles. The summed E-state index contributed by atoms with van der Waals surface area (Å²) in [5, 5.41) is 0. The van der Waals surface area contributed by atoms with Crippen LogP contribution in [0.5, 0.6) is 0 Å². The molecule has 0 radical (unpaired) electrons. The lowest BCUT2D eigenvalue weighted by atomic mass is 10.0. The van der Waals surface area contributed by atoms with Gasteiger partial charge in [-0.15, -0.1) is 0 Å². The standard InChI is InChI=1S/C20H25N5O2/c1-3-4-8-17-20(27)24(2)9-10-25(17)19(26)15-7-5-6-14(11-15)16-12-23-18(21)13-22-16/h5-7,11-13,17H,3-4,8-10H2,1-2H3,(H2,21,23)/t17-/m1/s1. The van der Waals surface area contributed by atoms with Crippen LogP contribution in [0.2, 0.25) is 0 Å². The number of nitrogens with two attached hydrogens (primary N) is 1. The van der Waals surface area contributed by atoms with Crippen LogP contribution in [-0.2, 0) is 4.79 Å². The van der Waals surface area contributed by atoms with Crippen molar-refractivity contribution in [2.24, 2.45) is 0 Å². The van der Waals surface area contributed by atoms with E-state index in [9.17, 15) is 9.59 Å². The van der Waals surface area contributed by atoms with Gasteiger partial charge in [0.2, 0.25) is 5.91 Å². The Morgan fingerprint density at radius 2 is 2.07 bits per heavy atom. The maximum atomic E-state index is 13.2. The maximum absolute atomic E-state index is 13.2. The molecule has 1 aliphatic heterocycles. The lowest BCUT2D eigenvalue weighted by molar-refractivity contribution is -0.138. The molecule has 2 aromatic rings. The van der Waals surface area contributed by atoms with Gasteiger partial charge in [0.25, 0.3) is 5.91 Å². The van der Waals surface area contributed by atoms with Crippen molar-refractivity contribution in [3.8, 4) is 11.3 Å². The lowest BCUT2D eigenvalue weighted by Gasteiger charge is -2.39. The third kappa shape index (κ3) is 4.07. The molecule has 1 fully saturated rings. The van der Waals surface area contributed by atoms with E-state index < -0.39 is 6.04 Å². The van der Waals surface area contributed by atoms with Crippen LogP contribution in [0.15, 0.2) is 36.7 Å². The van der Waals surface area contributed by atoms with E-state index >= 15 is 0 Å². The van der Waals surface area contributed by atoms with Crippen LogP contribution >= 0.6 is 0 Å². The number of carbonyl (C=O) groups is 2. The van der Waals surface area contributed by atoms with Crippen LogP contribution in [-0.4, -0.2) is 57.8 Å². The number of likely N-dealkylation sites (N-methyl/N-ethyl adjacent to an activating group) is 1. The first kappa shape index (κ1) is 18.8. The number of rotatable bonds is 5. The Bertz CT molecular complexity index is 821. The predicted octanol–water partition coefficient (Wildman–Crippen LogP) is 2.20. The summed E-state index contributed by atoms with van der Waals surface area (Å²) in [6, 6.07) is 6.87. The number of amides is 2. The molecule has 2 heterocycles. The summed E-state index contributed by atoms with van der Waals surface area (Å²) in [5.74, 6) is 0.243. The number of hydrogen-bond donors (Lipinski definition) is 1. The van der Waals surface area contributed by atoms with Gasteiger partial charge in [0.05, 0.1) is 18.1 Å². The average molecular weight is 367 g/mol. The van der Waals surface area contributed by atoms with E-state index in [1.165, 1.54) is 6.20 Å². The fourth-order valence-electron chi connectivity index (χ4n) is 3.30. The highest BCUT2D eigenvalue weighted by Gasteiger charge is 2.35. The summed E-state index contributed by atoms with van der Waals surface area (Å²) in [4.78, 5) is 37.5. The Morgan fingerprint density at radius 3 is 2.78 bits per heavy atom. The molecule has 1 aromatic heterocycles. The second-order valence-electron chi connectivity index (χ2n) is 6.82. The van der Waals surface area contributed by atoms with Gasteiger partial charge in [-0.3, -0.25) is 14.6 Å². The summed E-state index contributed by atoms with van der Waals surface area (Å²) in [6.45, 7) is 3.18. The third-order valence-electron chi connectivity index (χ3n) is 4.88.